The molecule has 0 bridgehead atoms. The van der Waals surface area contributed by atoms with E-state index in [1.807, 2.05) is 78.9 Å². The van der Waals surface area contributed by atoms with Crippen LogP contribution < -0.4 is 0 Å². The molecule has 0 unspecified atom stereocenters. The van der Waals surface area contributed by atoms with Crippen molar-refractivity contribution in [2.75, 3.05) is 0 Å². The molecule has 2 heterocycles. The maximum absolute atomic E-state index is 6.85. The highest BCUT2D eigenvalue weighted by Crippen LogP contribution is 2.41. The lowest BCUT2D eigenvalue weighted by molar-refractivity contribution is -0.234. The summed E-state index contributed by atoms with van der Waals surface area (Å²) in [6.45, 7) is 5.32. The smallest absolute Gasteiger partial charge is 0.156 e. The number of benzene rings is 4. The van der Waals surface area contributed by atoms with Crippen molar-refractivity contribution in [3.8, 4) is 11.3 Å². The zero-order chi connectivity index (χ0) is 31.0. The Labute approximate surface area is 270 Å². The zero-order valence-electron chi connectivity index (χ0n) is 25.6. The van der Waals surface area contributed by atoms with Crippen molar-refractivity contribution in [2.45, 2.75) is 64.3 Å². The number of ether oxygens (including phenoxy) is 3. The fourth-order valence-corrected chi connectivity index (χ4v) is 6.20. The second-order valence-electron chi connectivity index (χ2n) is 11.5. The number of nitrogens with zero attached hydrogens (tertiary/aromatic N) is 3. The third-order valence-electron chi connectivity index (χ3n) is 8.44. The van der Waals surface area contributed by atoms with Gasteiger partial charge >= 0.3 is 0 Å². The molecule has 0 spiro atoms. The Kier molecular flexibility index (Phi) is 10.3. The number of hydrogen-bond donors (Lipinski definition) is 0. The Morgan fingerprint density at radius 3 is 2.04 bits per heavy atom. The van der Waals surface area contributed by atoms with Crippen LogP contribution in [-0.4, -0.2) is 33.5 Å². The van der Waals surface area contributed by atoms with E-state index in [0.29, 0.717) is 30.5 Å². The Balaban J connectivity index is 1.31. The van der Waals surface area contributed by atoms with Crippen molar-refractivity contribution in [2.24, 2.45) is 5.92 Å². The lowest BCUT2D eigenvalue weighted by Crippen LogP contribution is -2.51. The van der Waals surface area contributed by atoms with Gasteiger partial charge in [-0.05, 0) is 34.7 Å². The van der Waals surface area contributed by atoms with Crippen LogP contribution in [0.5, 0.6) is 0 Å². The quantitative estimate of drug-likeness (QED) is 0.148. The summed E-state index contributed by atoms with van der Waals surface area (Å²) in [5.41, 5.74) is 5.88. The molecular formula is C38H38ClN3O3. The maximum Gasteiger partial charge on any atom is 0.156 e. The van der Waals surface area contributed by atoms with Gasteiger partial charge in [-0.25, -0.2) is 4.98 Å². The lowest BCUT2D eigenvalue weighted by atomic mass is 9.84. The minimum absolute atomic E-state index is 0.00145. The van der Waals surface area contributed by atoms with Gasteiger partial charge in [0.2, 0.25) is 0 Å². The van der Waals surface area contributed by atoms with Gasteiger partial charge in [0.05, 0.1) is 37.3 Å². The first-order chi connectivity index (χ1) is 22.1. The molecule has 4 aromatic carbocycles. The highest BCUT2D eigenvalue weighted by molar-refractivity contribution is 6.31. The van der Waals surface area contributed by atoms with Crippen molar-refractivity contribution < 1.29 is 14.2 Å². The van der Waals surface area contributed by atoms with Gasteiger partial charge in [-0.15, -0.1) is 5.10 Å². The van der Waals surface area contributed by atoms with E-state index < -0.39 is 0 Å². The minimum Gasteiger partial charge on any atom is -0.370 e. The van der Waals surface area contributed by atoms with Crippen molar-refractivity contribution in [1.29, 1.82) is 0 Å². The second kappa shape index (κ2) is 14.9. The second-order valence-corrected chi connectivity index (χ2v) is 11.9. The summed E-state index contributed by atoms with van der Waals surface area (Å²) in [4.78, 5) is 4.79. The van der Waals surface area contributed by atoms with Crippen LogP contribution in [0.2, 0.25) is 5.02 Å². The summed E-state index contributed by atoms with van der Waals surface area (Å²) < 4.78 is 20.3. The van der Waals surface area contributed by atoms with Crippen molar-refractivity contribution in [3.05, 3.63) is 148 Å². The van der Waals surface area contributed by atoms with Gasteiger partial charge in [0.25, 0.3) is 0 Å². The summed E-state index contributed by atoms with van der Waals surface area (Å²) >= 11 is 6.77. The molecule has 6 rings (SSSR count). The van der Waals surface area contributed by atoms with Crippen LogP contribution in [0.4, 0.5) is 0 Å². The molecule has 5 atom stereocenters. The molecule has 0 radical (unpaired) electrons. The van der Waals surface area contributed by atoms with Gasteiger partial charge in [-0.1, -0.05) is 129 Å². The fourth-order valence-electron chi connectivity index (χ4n) is 6.01. The largest absolute Gasteiger partial charge is 0.370 e. The molecule has 0 amide bonds. The van der Waals surface area contributed by atoms with Gasteiger partial charge in [0, 0.05) is 22.9 Å². The first-order valence-corrected chi connectivity index (χ1v) is 16.0. The zero-order valence-corrected chi connectivity index (χ0v) is 26.4. The van der Waals surface area contributed by atoms with E-state index in [2.05, 4.69) is 54.4 Å². The SMILES string of the molecule is CC[C@H]1O[C@@H](c2ccc(Cl)c(Cc3nncc(-c4ccccc4)n3)c2)[C@H](OCc2ccccc2)[C@@H](OCc2ccccc2)[C@@H]1C. The van der Waals surface area contributed by atoms with Gasteiger partial charge in [-0.3, -0.25) is 0 Å². The van der Waals surface area contributed by atoms with Crippen LogP contribution in [0.15, 0.2) is 115 Å². The fraction of sp³-hybridized carbons (Fsp3) is 0.289. The molecule has 1 aromatic heterocycles. The first-order valence-electron chi connectivity index (χ1n) is 15.6. The van der Waals surface area contributed by atoms with E-state index in [4.69, 9.17) is 30.8 Å². The maximum atomic E-state index is 6.85. The minimum atomic E-state index is -0.360. The number of rotatable bonds is 11. The standard InChI is InChI=1S/C38H38ClN3O3/c1-3-34-26(2)36(43-24-27-13-7-4-8-14-27)38(44-25-28-15-9-5-10-16-28)37(45-34)30-19-20-32(39)31(21-30)22-35-41-33(23-40-42-35)29-17-11-6-12-18-29/h4-21,23,26,34,36-38H,3,22,24-25H2,1-2H3/t26-,34-,36+,37+,38-/m1/s1. The van der Waals surface area contributed by atoms with E-state index in [1.165, 1.54) is 0 Å². The molecular weight excluding hydrogens is 582 g/mol. The van der Waals surface area contributed by atoms with Gasteiger partial charge in [0.1, 0.15) is 12.2 Å². The van der Waals surface area contributed by atoms with Crippen molar-refractivity contribution >= 4 is 11.6 Å². The van der Waals surface area contributed by atoms with E-state index in [0.717, 1.165) is 39.9 Å². The highest BCUT2D eigenvalue weighted by Gasteiger charge is 2.45. The predicted molar refractivity (Wildman–Crippen MR) is 177 cm³/mol. The van der Waals surface area contributed by atoms with Crippen LogP contribution >= 0.6 is 11.6 Å². The molecule has 7 heteroatoms. The summed E-state index contributed by atoms with van der Waals surface area (Å²) in [6.07, 6.45) is 2.09. The number of hydrogen-bond acceptors (Lipinski definition) is 6. The van der Waals surface area contributed by atoms with Gasteiger partial charge < -0.3 is 14.2 Å². The molecule has 6 nitrogen and oxygen atoms in total. The predicted octanol–water partition coefficient (Wildman–Crippen LogP) is 8.44. The molecule has 5 aromatic rings. The van der Waals surface area contributed by atoms with Crippen molar-refractivity contribution in [1.82, 2.24) is 15.2 Å². The summed E-state index contributed by atoms with van der Waals surface area (Å²) in [5.74, 6) is 0.726. The topological polar surface area (TPSA) is 66.4 Å². The van der Waals surface area contributed by atoms with Gasteiger partial charge in [-0.2, -0.15) is 5.10 Å². The van der Waals surface area contributed by atoms with E-state index in [9.17, 15) is 0 Å². The first kappa shape index (κ1) is 31.1. The molecule has 0 N–H and O–H groups in total. The average Bonchev–Trinajstić information content (AvgIpc) is 3.09. The highest BCUT2D eigenvalue weighted by atomic mass is 35.5. The molecule has 1 aliphatic heterocycles. The molecule has 230 valence electrons. The Morgan fingerprint density at radius 1 is 0.778 bits per heavy atom. The third kappa shape index (κ3) is 7.66. The van der Waals surface area contributed by atoms with E-state index >= 15 is 0 Å². The molecule has 1 saturated heterocycles. The molecule has 1 fully saturated rings. The third-order valence-corrected chi connectivity index (χ3v) is 8.81. The molecule has 45 heavy (non-hydrogen) atoms. The van der Waals surface area contributed by atoms with Gasteiger partial charge in [0.15, 0.2) is 5.82 Å². The van der Waals surface area contributed by atoms with Crippen LogP contribution in [-0.2, 0) is 33.8 Å². The van der Waals surface area contributed by atoms with E-state index in [-0.39, 0.29) is 30.3 Å². The monoisotopic (exact) mass is 619 g/mol. The Morgan fingerprint density at radius 2 is 1.40 bits per heavy atom. The summed E-state index contributed by atoms with van der Waals surface area (Å²) in [7, 11) is 0. The van der Waals surface area contributed by atoms with Crippen LogP contribution in [0.3, 0.4) is 0 Å². The van der Waals surface area contributed by atoms with Crippen molar-refractivity contribution in [3.63, 3.8) is 0 Å². The number of halogens is 1. The van der Waals surface area contributed by atoms with Crippen LogP contribution in [0.25, 0.3) is 11.3 Å². The van der Waals surface area contributed by atoms with Crippen LogP contribution in [0.1, 0.15) is 54.5 Å². The lowest BCUT2D eigenvalue weighted by Gasteiger charge is -2.46. The van der Waals surface area contributed by atoms with Crippen LogP contribution in [0, 0.1) is 5.92 Å². The average molecular weight is 620 g/mol. The molecule has 1 aliphatic rings. The number of aromatic nitrogens is 3. The van der Waals surface area contributed by atoms with E-state index in [1.54, 1.807) is 6.20 Å². The Bertz CT molecular complexity index is 1660. The Hall–Kier alpha value is -3.94. The molecule has 0 saturated carbocycles. The normalized spacial score (nSPS) is 21.4. The summed E-state index contributed by atoms with van der Waals surface area (Å²) in [5, 5.41) is 9.20. The summed E-state index contributed by atoms with van der Waals surface area (Å²) in [6, 6.07) is 36.5. The molecule has 0 aliphatic carbocycles.